The molecule has 1 unspecified atom stereocenters. The molecule has 0 aliphatic carbocycles. The van der Waals surface area contributed by atoms with Crippen molar-refractivity contribution in [1.29, 1.82) is 0 Å². The Bertz CT molecular complexity index is 762. The number of carbonyl (C=O) groups excluding carboxylic acids is 1. The molecule has 104 valence electrons. The second-order valence-electron chi connectivity index (χ2n) is 5.28. The van der Waals surface area contributed by atoms with Gasteiger partial charge in [0.05, 0.1) is 5.75 Å². The fraction of sp³-hybridized carbons (Fsp3) is 0.312. The fourth-order valence-corrected chi connectivity index (χ4v) is 4.66. The van der Waals surface area contributed by atoms with Gasteiger partial charge in [-0.2, -0.15) is 0 Å². The topological polar surface area (TPSA) is 51.2 Å². The normalized spacial score (nSPS) is 21.7. The van der Waals surface area contributed by atoms with E-state index in [1.807, 2.05) is 30.3 Å². The van der Waals surface area contributed by atoms with Crippen molar-refractivity contribution in [2.24, 2.45) is 0 Å². The number of rotatable bonds is 2. The van der Waals surface area contributed by atoms with Crippen LogP contribution in [0.5, 0.6) is 0 Å². The number of fused-ring (bicyclic) bond motifs is 1. The maximum Gasteiger partial charge on any atom is 0.180 e. The van der Waals surface area contributed by atoms with Crippen molar-refractivity contribution in [3.8, 4) is 0 Å². The fourth-order valence-electron chi connectivity index (χ4n) is 2.78. The van der Waals surface area contributed by atoms with Crippen LogP contribution in [-0.4, -0.2) is 25.2 Å². The molecule has 0 aromatic heterocycles. The molecular formula is C16H16O3S. The van der Waals surface area contributed by atoms with Crippen molar-refractivity contribution in [3.05, 3.63) is 48.0 Å². The first-order valence-electron chi connectivity index (χ1n) is 6.82. The summed E-state index contributed by atoms with van der Waals surface area (Å²) in [4.78, 5) is 12.5. The molecule has 1 atom stereocenters. The summed E-state index contributed by atoms with van der Waals surface area (Å²) in [5.74, 6) is -0.118. The molecule has 0 spiro atoms. The quantitative estimate of drug-likeness (QED) is 0.798. The molecule has 1 saturated heterocycles. The number of benzene rings is 2. The molecule has 0 amide bonds. The zero-order valence-corrected chi connectivity index (χ0v) is 11.9. The molecule has 1 heterocycles. The largest absolute Gasteiger partial charge is 0.293 e. The van der Waals surface area contributed by atoms with E-state index >= 15 is 0 Å². The van der Waals surface area contributed by atoms with E-state index in [1.165, 1.54) is 0 Å². The summed E-state index contributed by atoms with van der Waals surface area (Å²) >= 11 is 0. The minimum absolute atomic E-state index is 0.136. The highest BCUT2D eigenvalue weighted by molar-refractivity contribution is 7.92. The molecule has 1 fully saturated rings. The van der Waals surface area contributed by atoms with Crippen LogP contribution in [0.1, 0.15) is 29.6 Å². The van der Waals surface area contributed by atoms with Gasteiger partial charge in [-0.25, -0.2) is 8.42 Å². The maximum absolute atomic E-state index is 12.5. The van der Waals surface area contributed by atoms with Crippen molar-refractivity contribution < 1.29 is 13.2 Å². The van der Waals surface area contributed by atoms with Crippen molar-refractivity contribution in [3.63, 3.8) is 0 Å². The molecule has 1 aliphatic rings. The van der Waals surface area contributed by atoms with Gasteiger partial charge < -0.3 is 0 Å². The highest BCUT2D eigenvalue weighted by atomic mass is 32.2. The summed E-state index contributed by atoms with van der Waals surface area (Å²) < 4.78 is 24.1. The van der Waals surface area contributed by atoms with Crippen LogP contribution in [0.15, 0.2) is 42.5 Å². The average molecular weight is 288 g/mol. The average Bonchev–Trinajstić information content (AvgIpc) is 2.45. The second-order valence-corrected chi connectivity index (χ2v) is 7.58. The second kappa shape index (κ2) is 5.02. The van der Waals surface area contributed by atoms with Crippen molar-refractivity contribution in [1.82, 2.24) is 0 Å². The van der Waals surface area contributed by atoms with Gasteiger partial charge in [0, 0.05) is 5.56 Å². The van der Waals surface area contributed by atoms with E-state index in [-0.39, 0.29) is 11.5 Å². The minimum atomic E-state index is -3.27. The number of ketones is 1. The van der Waals surface area contributed by atoms with Crippen LogP contribution in [0.3, 0.4) is 0 Å². The molecule has 0 saturated carbocycles. The van der Waals surface area contributed by atoms with Gasteiger partial charge in [0.2, 0.25) is 0 Å². The Labute approximate surface area is 118 Å². The Morgan fingerprint density at radius 2 is 1.75 bits per heavy atom. The first-order chi connectivity index (χ1) is 9.58. The SMILES string of the molecule is O=C(c1ccc2ccccc2c1)C1CCCCS1(=O)=O. The summed E-state index contributed by atoms with van der Waals surface area (Å²) in [5.41, 5.74) is 0.499. The molecule has 3 rings (SSSR count). The molecule has 2 aromatic carbocycles. The number of Topliss-reactive ketones (excluding diaryl/α,β-unsaturated/α-hetero) is 1. The summed E-state index contributed by atoms with van der Waals surface area (Å²) in [7, 11) is -3.27. The third kappa shape index (κ3) is 2.36. The smallest absolute Gasteiger partial charge is 0.180 e. The molecule has 20 heavy (non-hydrogen) atoms. The molecule has 3 nitrogen and oxygen atoms in total. The van der Waals surface area contributed by atoms with Crippen LogP contribution in [0.25, 0.3) is 10.8 Å². The van der Waals surface area contributed by atoms with Gasteiger partial charge in [0.1, 0.15) is 5.25 Å². The van der Waals surface area contributed by atoms with Crippen LogP contribution < -0.4 is 0 Å². The van der Waals surface area contributed by atoms with Gasteiger partial charge in [0.25, 0.3) is 0 Å². The molecule has 0 radical (unpaired) electrons. The molecule has 4 heteroatoms. The Kier molecular flexibility index (Phi) is 3.34. The van der Waals surface area contributed by atoms with E-state index < -0.39 is 15.1 Å². The van der Waals surface area contributed by atoms with Gasteiger partial charge in [-0.05, 0) is 29.7 Å². The minimum Gasteiger partial charge on any atom is -0.293 e. The van der Waals surface area contributed by atoms with E-state index in [4.69, 9.17) is 0 Å². The Morgan fingerprint density at radius 3 is 2.50 bits per heavy atom. The predicted molar refractivity (Wildman–Crippen MR) is 79.7 cm³/mol. The molecule has 0 bridgehead atoms. The van der Waals surface area contributed by atoms with Gasteiger partial charge >= 0.3 is 0 Å². The summed E-state index contributed by atoms with van der Waals surface area (Å²) in [6.45, 7) is 0. The third-order valence-electron chi connectivity index (χ3n) is 3.91. The first-order valence-corrected chi connectivity index (χ1v) is 8.54. The van der Waals surface area contributed by atoms with Gasteiger partial charge in [0.15, 0.2) is 15.6 Å². The van der Waals surface area contributed by atoms with Crippen molar-refractivity contribution in [2.45, 2.75) is 24.5 Å². The van der Waals surface area contributed by atoms with E-state index in [0.29, 0.717) is 18.4 Å². The number of sulfone groups is 1. The van der Waals surface area contributed by atoms with Crippen LogP contribution in [0.2, 0.25) is 0 Å². The van der Waals surface area contributed by atoms with E-state index in [2.05, 4.69) is 0 Å². The van der Waals surface area contributed by atoms with E-state index in [1.54, 1.807) is 12.1 Å². The van der Waals surface area contributed by atoms with Crippen LogP contribution >= 0.6 is 0 Å². The molecular weight excluding hydrogens is 272 g/mol. The molecule has 1 aliphatic heterocycles. The Hall–Kier alpha value is -1.68. The highest BCUT2D eigenvalue weighted by Gasteiger charge is 2.35. The lowest BCUT2D eigenvalue weighted by atomic mass is 10.0. The lowest BCUT2D eigenvalue weighted by Crippen LogP contribution is -2.35. The Morgan fingerprint density at radius 1 is 1.00 bits per heavy atom. The maximum atomic E-state index is 12.5. The number of carbonyl (C=O) groups is 1. The van der Waals surface area contributed by atoms with Crippen LogP contribution in [-0.2, 0) is 9.84 Å². The van der Waals surface area contributed by atoms with E-state index in [0.717, 1.165) is 17.2 Å². The monoisotopic (exact) mass is 288 g/mol. The number of hydrogen-bond donors (Lipinski definition) is 0. The standard InChI is InChI=1S/C16H16O3S/c17-16(15-7-3-4-10-20(15,18)19)14-9-8-12-5-1-2-6-13(12)11-14/h1-2,5-6,8-9,11,15H,3-4,7,10H2. The molecule has 0 N–H and O–H groups in total. The summed E-state index contributed by atoms with van der Waals surface area (Å²) in [6.07, 6.45) is 1.93. The van der Waals surface area contributed by atoms with Gasteiger partial charge in [-0.15, -0.1) is 0 Å². The zero-order chi connectivity index (χ0) is 14.2. The van der Waals surface area contributed by atoms with Gasteiger partial charge in [-0.3, -0.25) is 4.79 Å². The lowest BCUT2D eigenvalue weighted by Gasteiger charge is -2.21. The number of hydrogen-bond acceptors (Lipinski definition) is 3. The summed E-state index contributed by atoms with van der Waals surface area (Å²) in [5, 5.41) is 1.17. The summed E-state index contributed by atoms with van der Waals surface area (Å²) in [6, 6.07) is 13.2. The van der Waals surface area contributed by atoms with Crippen LogP contribution in [0, 0.1) is 0 Å². The predicted octanol–water partition coefficient (Wildman–Crippen LogP) is 2.99. The highest BCUT2D eigenvalue weighted by Crippen LogP contribution is 2.24. The Balaban J connectivity index is 2.00. The first kappa shape index (κ1) is 13.3. The van der Waals surface area contributed by atoms with Crippen LogP contribution in [0.4, 0.5) is 0 Å². The lowest BCUT2D eigenvalue weighted by molar-refractivity contribution is 0.0981. The van der Waals surface area contributed by atoms with E-state index in [9.17, 15) is 13.2 Å². The molecule has 2 aromatic rings. The van der Waals surface area contributed by atoms with Crippen molar-refractivity contribution >= 4 is 26.4 Å². The third-order valence-corrected chi connectivity index (χ3v) is 6.08. The van der Waals surface area contributed by atoms with Gasteiger partial charge in [-0.1, -0.05) is 42.8 Å². The zero-order valence-electron chi connectivity index (χ0n) is 11.1. The van der Waals surface area contributed by atoms with Crippen molar-refractivity contribution in [2.75, 3.05) is 5.75 Å².